The van der Waals surface area contributed by atoms with Crippen LogP contribution in [0.15, 0.2) is 0 Å². The van der Waals surface area contributed by atoms with Crippen LogP contribution in [0.5, 0.6) is 0 Å². The van der Waals surface area contributed by atoms with Crippen LogP contribution in [0.1, 0.15) is 24.2 Å². The quantitative estimate of drug-likeness (QED) is 0.748. The fraction of sp³-hybridized carbons (Fsp3) is 0.714. The number of amides is 1. The monoisotopic (exact) mass is 279 g/mol. The van der Waals surface area contributed by atoms with E-state index in [1.807, 2.05) is 20.9 Å². The molecule has 0 aromatic carbocycles. The first kappa shape index (κ1) is 15.0. The maximum atomic E-state index is 12.1. The second kappa shape index (κ2) is 6.85. The van der Waals surface area contributed by atoms with Crippen LogP contribution in [-0.4, -0.2) is 54.2 Å². The highest BCUT2D eigenvalue weighted by Crippen LogP contribution is 2.16. The average molecular weight is 279 g/mol. The first-order valence-corrected chi connectivity index (χ1v) is 7.27. The molecule has 0 unspecified atom stereocenters. The van der Waals surface area contributed by atoms with Crippen molar-refractivity contribution >= 4 is 11.6 Å². The van der Waals surface area contributed by atoms with Crippen molar-refractivity contribution in [3.05, 3.63) is 11.4 Å². The van der Waals surface area contributed by atoms with Gasteiger partial charge in [0, 0.05) is 6.54 Å². The van der Waals surface area contributed by atoms with Gasteiger partial charge in [0.15, 0.2) is 0 Å². The fourth-order valence-corrected chi connectivity index (χ4v) is 2.73. The van der Waals surface area contributed by atoms with Gasteiger partial charge >= 0.3 is 0 Å². The highest BCUT2D eigenvalue weighted by atomic mass is 16.2. The minimum Gasteiger partial charge on any atom is -0.322 e. The molecule has 0 saturated carbocycles. The van der Waals surface area contributed by atoms with Crippen LogP contribution in [0.25, 0.3) is 0 Å². The lowest BCUT2D eigenvalue weighted by Gasteiger charge is -2.27. The smallest absolute Gasteiger partial charge is 0.238 e. The average Bonchev–Trinajstić information content (AvgIpc) is 2.71. The summed E-state index contributed by atoms with van der Waals surface area (Å²) in [6.07, 6.45) is 2.40. The zero-order valence-corrected chi connectivity index (χ0v) is 12.6. The number of carbonyl (C=O) groups is 1. The number of nitrogens with zero attached hydrogens (tertiary/aromatic N) is 2. The third kappa shape index (κ3) is 4.05. The number of hydrogen-bond donors (Lipinski definition) is 3. The largest absolute Gasteiger partial charge is 0.322 e. The molecule has 1 aromatic heterocycles. The number of aromatic nitrogens is 2. The lowest BCUT2D eigenvalue weighted by atomic mass is 9.98. The van der Waals surface area contributed by atoms with E-state index in [9.17, 15) is 4.79 Å². The Labute approximate surface area is 120 Å². The summed E-state index contributed by atoms with van der Waals surface area (Å²) < 4.78 is 0. The summed E-state index contributed by atoms with van der Waals surface area (Å²) >= 11 is 0. The SMILES string of the molecule is Cc1n[nH]c(C)c1NC(=O)CN(C)CC1CCNCC1. The van der Waals surface area contributed by atoms with Gasteiger partial charge in [-0.3, -0.25) is 14.8 Å². The van der Waals surface area contributed by atoms with Gasteiger partial charge in [0.2, 0.25) is 5.91 Å². The summed E-state index contributed by atoms with van der Waals surface area (Å²) in [7, 11) is 2.01. The molecule has 0 radical (unpaired) electrons. The molecule has 0 spiro atoms. The highest BCUT2D eigenvalue weighted by molar-refractivity contribution is 5.93. The molecule has 0 atom stereocenters. The van der Waals surface area contributed by atoms with E-state index in [1.54, 1.807) is 0 Å². The molecule has 1 aromatic rings. The Morgan fingerprint density at radius 3 is 2.70 bits per heavy atom. The summed E-state index contributed by atoms with van der Waals surface area (Å²) in [5.41, 5.74) is 2.54. The molecule has 1 aliphatic heterocycles. The Kier molecular flexibility index (Phi) is 5.14. The van der Waals surface area contributed by atoms with Crippen molar-refractivity contribution in [3.63, 3.8) is 0 Å². The van der Waals surface area contributed by atoms with Crippen LogP contribution in [0, 0.1) is 19.8 Å². The number of aryl methyl sites for hydroxylation is 2. The van der Waals surface area contributed by atoms with E-state index < -0.39 is 0 Å². The molecule has 0 bridgehead atoms. The van der Waals surface area contributed by atoms with Crippen molar-refractivity contribution in [3.8, 4) is 0 Å². The van der Waals surface area contributed by atoms with Gasteiger partial charge in [0.05, 0.1) is 23.6 Å². The third-order valence-corrected chi connectivity index (χ3v) is 3.83. The second-order valence-corrected chi connectivity index (χ2v) is 5.75. The van der Waals surface area contributed by atoms with E-state index in [0.717, 1.165) is 36.7 Å². The lowest BCUT2D eigenvalue weighted by molar-refractivity contribution is -0.117. The van der Waals surface area contributed by atoms with Gasteiger partial charge in [0.1, 0.15) is 0 Å². The minimum atomic E-state index is 0.0223. The zero-order valence-electron chi connectivity index (χ0n) is 12.6. The molecule has 2 rings (SSSR count). The summed E-state index contributed by atoms with van der Waals surface area (Å²) in [4.78, 5) is 14.2. The number of H-pyrrole nitrogens is 1. The van der Waals surface area contributed by atoms with Crippen molar-refractivity contribution in [1.29, 1.82) is 0 Å². The number of piperidine rings is 1. The van der Waals surface area contributed by atoms with E-state index in [2.05, 4.69) is 25.7 Å². The topological polar surface area (TPSA) is 73.0 Å². The molecule has 6 nitrogen and oxygen atoms in total. The van der Waals surface area contributed by atoms with E-state index in [4.69, 9.17) is 0 Å². The Bertz CT molecular complexity index is 431. The van der Waals surface area contributed by atoms with Crippen molar-refractivity contribution in [2.45, 2.75) is 26.7 Å². The van der Waals surface area contributed by atoms with Crippen LogP contribution in [-0.2, 0) is 4.79 Å². The maximum Gasteiger partial charge on any atom is 0.238 e. The van der Waals surface area contributed by atoms with Crippen molar-refractivity contribution < 1.29 is 4.79 Å². The molecular formula is C14H25N5O. The van der Waals surface area contributed by atoms with Crippen LogP contribution < -0.4 is 10.6 Å². The molecule has 1 aliphatic rings. The Hall–Kier alpha value is -1.40. The first-order chi connectivity index (χ1) is 9.56. The van der Waals surface area contributed by atoms with Gasteiger partial charge in [0.25, 0.3) is 0 Å². The normalized spacial score (nSPS) is 16.6. The number of rotatable bonds is 5. The third-order valence-electron chi connectivity index (χ3n) is 3.83. The van der Waals surface area contributed by atoms with E-state index in [-0.39, 0.29) is 5.91 Å². The van der Waals surface area contributed by atoms with Crippen molar-refractivity contribution in [2.75, 3.05) is 38.5 Å². The van der Waals surface area contributed by atoms with Crippen molar-refractivity contribution in [1.82, 2.24) is 20.4 Å². The number of anilines is 1. The highest BCUT2D eigenvalue weighted by Gasteiger charge is 2.17. The number of nitrogens with one attached hydrogen (secondary N) is 3. The molecule has 112 valence electrons. The van der Waals surface area contributed by atoms with Gasteiger partial charge in [-0.1, -0.05) is 0 Å². The van der Waals surface area contributed by atoms with Crippen LogP contribution in [0.3, 0.4) is 0 Å². The van der Waals surface area contributed by atoms with Crippen LogP contribution in [0.2, 0.25) is 0 Å². The number of likely N-dealkylation sites (N-methyl/N-ethyl adjacent to an activating group) is 1. The predicted molar refractivity (Wildman–Crippen MR) is 79.8 cm³/mol. The van der Waals surface area contributed by atoms with Gasteiger partial charge < -0.3 is 10.6 Å². The molecular weight excluding hydrogens is 254 g/mol. The predicted octanol–water partition coefficient (Wildman–Crippen LogP) is 0.896. The van der Waals surface area contributed by atoms with E-state index >= 15 is 0 Å². The van der Waals surface area contributed by atoms with E-state index in [1.165, 1.54) is 12.8 Å². The Balaban J connectivity index is 1.78. The summed E-state index contributed by atoms with van der Waals surface area (Å²) in [6, 6.07) is 0. The molecule has 0 aliphatic carbocycles. The summed E-state index contributed by atoms with van der Waals surface area (Å²) in [5, 5.41) is 13.3. The molecule has 1 saturated heterocycles. The minimum absolute atomic E-state index is 0.0223. The standard InChI is InChI=1S/C14H25N5O/c1-10-14(11(2)18-17-10)16-13(20)9-19(3)8-12-4-6-15-7-5-12/h12,15H,4-9H2,1-3H3,(H,16,20)(H,17,18). The Morgan fingerprint density at radius 1 is 1.40 bits per heavy atom. The summed E-state index contributed by atoms with van der Waals surface area (Å²) in [5.74, 6) is 0.723. The molecule has 20 heavy (non-hydrogen) atoms. The molecule has 2 heterocycles. The van der Waals surface area contributed by atoms with Gasteiger partial charge in [-0.2, -0.15) is 5.10 Å². The summed E-state index contributed by atoms with van der Waals surface area (Å²) in [6.45, 7) is 7.40. The van der Waals surface area contributed by atoms with Gasteiger partial charge in [-0.15, -0.1) is 0 Å². The molecule has 6 heteroatoms. The zero-order chi connectivity index (χ0) is 14.5. The van der Waals surface area contributed by atoms with E-state index in [0.29, 0.717) is 12.5 Å². The number of aromatic amines is 1. The van der Waals surface area contributed by atoms with Crippen LogP contribution >= 0.6 is 0 Å². The van der Waals surface area contributed by atoms with Crippen molar-refractivity contribution in [2.24, 2.45) is 5.92 Å². The van der Waals surface area contributed by atoms with Gasteiger partial charge in [-0.25, -0.2) is 0 Å². The first-order valence-electron chi connectivity index (χ1n) is 7.27. The molecule has 1 amide bonds. The number of hydrogen-bond acceptors (Lipinski definition) is 4. The Morgan fingerprint density at radius 2 is 2.10 bits per heavy atom. The lowest BCUT2D eigenvalue weighted by Crippen LogP contribution is -2.37. The number of carbonyl (C=O) groups excluding carboxylic acids is 1. The van der Waals surface area contributed by atoms with Crippen LogP contribution in [0.4, 0.5) is 5.69 Å². The van der Waals surface area contributed by atoms with Gasteiger partial charge in [-0.05, 0) is 52.7 Å². The molecule has 3 N–H and O–H groups in total. The fourth-order valence-electron chi connectivity index (χ4n) is 2.73. The molecule has 1 fully saturated rings. The maximum absolute atomic E-state index is 12.1. The second-order valence-electron chi connectivity index (χ2n) is 5.75.